The zero-order valence-corrected chi connectivity index (χ0v) is 15.7. The summed E-state index contributed by atoms with van der Waals surface area (Å²) in [6.45, 7) is 0.563. The molecule has 5 nitrogen and oxygen atoms in total. The average molecular weight is 397 g/mol. The fourth-order valence-electron chi connectivity index (χ4n) is 2.69. The van der Waals surface area contributed by atoms with Crippen molar-refractivity contribution in [3.8, 4) is 0 Å². The van der Waals surface area contributed by atoms with E-state index in [2.05, 4.69) is 0 Å². The number of nitrogens with two attached hydrogens (primary N) is 1. The van der Waals surface area contributed by atoms with Crippen LogP contribution in [0.2, 0.25) is 5.02 Å². The first-order valence-electron chi connectivity index (χ1n) is 7.63. The van der Waals surface area contributed by atoms with Crippen LogP contribution in [0.15, 0.2) is 53.4 Å². The minimum absolute atomic E-state index is 0.0199. The van der Waals surface area contributed by atoms with E-state index in [1.165, 1.54) is 12.1 Å². The number of carbonyl (C=O) groups is 1. The second-order valence-corrected chi connectivity index (χ2v) is 8.81. The van der Waals surface area contributed by atoms with Crippen LogP contribution in [0.4, 0.5) is 0 Å². The summed E-state index contributed by atoms with van der Waals surface area (Å²) in [5, 5.41) is 5.75. The van der Waals surface area contributed by atoms with Crippen molar-refractivity contribution >= 4 is 39.3 Å². The number of benzene rings is 2. The monoisotopic (exact) mass is 396 g/mol. The van der Waals surface area contributed by atoms with Gasteiger partial charge in [-0.15, -0.1) is 11.8 Å². The normalized spacial score (nSPS) is 17.9. The molecule has 1 atom stereocenters. The Morgan fingerprint density at radius 2 is 1.76 bits per heavy atom. The van der Waals surface area contributed by atoms with Gasteiger partial charge in [0.2, 0.25) is 15.9 Å². The van der Waals surface area contributed by atoms with Crippen LogP contribution < -0.4 is 5.14 Å². The minimum Gasteiger partial charge on any atom is -0.326 e. The van der Waals surface area contributed by atoms with Gasteiger partial charge in [0, 0.05) is 11.6 Å². The highest BCUT2D eigenvalue weighted by molar-refractivity contribution is 8.00. The van der Waals surface area contributed by atoms with Gasteiger partial charge in [-0.2, -0.15) is 0 Å². The van der Waals surface area contributed by atoms with E-state index in [1.807, 2.05) is 29.2 Å². The molecule has 3 rings (SSSR count). The summed E-state index contributed by atoms with van der Waals surface area (Å²) in [5.74, 6) is 0.559. The highest BCUT2D eigenvalue weighted by Crippen LogP contribution is 2.38. The number of thioether (sulfide) groups is 1. The Labute approximate surface area is 156 Å². The molecule has 1 aliphatic heterocycles. The first-order chi connectivity index (χ1) is 11.8. The lowest BCUT2D eigenvalue weighted by Crippen LogP contribution is -2.30. The van der Waals surface area contributed by atoms with Crippen molar-refractivity contribution in [2.75, 3.05) is 12.3 Å². The van der Waals surface area contributed by atoms with Crippen LogP contribution in [-0.2, 0) is 21.2 Å². The molecular formula is C17H17ClN2O3S2. The molecule has 1 amide bonds. The summed E-state index contributed by atoms with van der Waals surface area (Å²) in [6, 6.07) is 14.0. The Kier molecular flexibility index (Phi) is 5.38. The van der Waals surface area contributed by atoms with Crippen LogP contribution in [0.1, 0.15) is 16.5 Å². The lowest BCUT2D eigenvalue weighted by molar-refractivity contribution is -0.128. The summed E-state index contributed by atoms with van der Waals surface area (Å²) in [4.78, 5) is 14.1. The molecule has 0 saturated carbocycles. The van der Waals surface area contributed by atoms with Crippen molar-refractivity contribution in [3.63, 3.8) is 0 Å². The standard InChI is InChI=1S/C17H17ClN2O3S2/c18-14-5-3-13(4-6-14)17-20(16(21)11-24-17)10-9-12-1-7-15(8-2-12)25(19,22)23/h1-8,17H,9-11H2,(H2,19,22,23). The fourth-order valence-corrected chi connectivity index (χ4v) is 4.55. The second kappa shape index (κ2) is 7.37. The first kappa shape index (κ1) is 18.3. The maximum Gasteiger partial charge on any atom is 0.238 e. The molecule has 1 heterocycles. The SMILES string of the molecule is NS(=O)(=O)c1ccc(CCN2C(=O)CSC2c2ccc(Cl)cc2)cc1. The zero-order chi connectivity index (χ0) is 18.0. The zero-order valence-electron chi connectivity index (χ0n) is 13.3. The van der Waals surface area contributed by atoms with Gasteiger partial charge in [-0.25, -0.2) is 13.6 Å². The molecule has 132 valence electrons. The lowest BCUT2D eigenvalue weighted by Gasteiger charge is -2.24. The van der Waals surface area contributed by atoms with Crippen molar-refractivity contribution < 1.29 is 13.2 Å². The molecule has 2 aromatic carbocycles. The van der Waals surface area contributed by atoms with E-state index in [0.29, 0.717) is 23.7 Å². The van der Waals surface area contributed by atoms with Crippen molar-refractivity contribution in [1.82, 2.24) is 4.90 Å². The third-order valence-corrected chi connectivity index (χ3v) is 6.45. The summed E-state index contributed by atoms with van der Waals surface area (Å²) in [5.41, 5.74) is 2.00. The average Bonchev–Trinajstić information content (AvgIpc) is 2.94. The Morgan fingerprint density at radius 3 is 2.36 bits per heavy atom. The molecule has 25 heavy (non-hydrogen) atoms. The number of hydrogen-bond acceptors (Lipinski definition) is 4. The van der Waals surface area contributed by atoms with E-state index in [9.17, 15) is 13.2 Å². The predicted molar refractivity (Wildman–Crippen MR) is 99.9 cm³/mol. The van der Waals surface area contributed by atoms with Crippen LogP contribution in [0.5, 0.6) is 0 Å². The molecule has 0 radical (unpaired) electrons. The summed E-state index contributed by atoms with van der Waals surface area (Å²) < 4.78 is 22.6. The summed E-state index contributed by atoms with van der Waals surface area (Å²) in [7, 11) is -3.69. The number of hydrogen-bond donors (Lipinski definition) is 1. The maximum atomic E-state index is 12.2. The van der Waals surface area contributed by atoms with E-state index in [-0.39, 0.29) is 16.2 Å². The van der Waals surface area contributed by atoms with Gasteiger partial charge in [0.15, 0.2) is 0 Å². The maximum absolute atomic E-state index is 12.2. The fraction of sp³-hybridized carbons (Fsp3) is 0.235. The second-order valence-electron chi connectivity index (χ2n) is 5.74. The topological polar surface area (TPSA) is 80.5 Å². The third kappa shape index (κ3) is 4.36. The van der Waals surface area contributed by atoms with Crippen LogP contribution in [0.25, 0.3) is 0 Å². The highest BCUT2D eigenvalue weighted by atomic mass is 35.5. The van der Waals surface area contributed by atoms with Gasteiger partial charge >= 0.3 is 0 Å². The van der Waals surface area contributed by atoms with Crippen LogP contribution in [0, 0.1) is 0 Å². The third-order valence-electron chi connectivity index (χ3n) is 4.02. The molecule has 1 aliphatic rings. The van der Waals surface area contributed by atoms with Gasteiger partial charge < -0.3 is 4.90 Å². The van der Waals surface area contributed by atoms with Crippen LogP contribution >= 0.6 is 23.4 Å². The van der Waals surface area contributed by atoms with E-state index in [4.69, 9.17) is 16.7 Å². The van der Waals surface area contributed by atoms with Gasteiger partial charge in [0.05, 0.1) is 10.6 Å². The quantitative estimate of drug-likeness (QED) is 0.842. The molecule has 2 aromatic rings. The highest BCUT2D eigenvalue weighted by Gasteiger charge is 2.32. The van der Waals surface area contributed by atoms with E-state index in [1.54, 1.807) is 23.9 Å². The van der Waals surface area contributed by atoms with Crippen molar-refractivity contribution in [2.45, 2.75) is 16.7 Å². The number of sulfonamides is 1. The molecule has 1 unspecified atom stereocenters. The number of primary sulfonamides is 1. The van der Waals surface area contributed by atoms with Crippen LogP contribution in [-0.4, -0.2) is 31.5 Å². The van der Waals surface area contributed by atoms with Gasteiger partial charge in [-0.1, -0.05) is 35.9 Å². The molecule has 0 aliphatic carbocycles. The van der Waals surface area contributed by atoms with Gasteiger partial charge in [-0.3, -0.25) is 4.79 Å². The largest absolute Gasteiger partial charge is 0.326 e. The molecular weight excluding hydrogens is 380 g/mol. The van der Waals surface area contributed by atoms with Crippen molar-refractivity contribution in [2.24, 2.45) is 5.14 Å². The first-order valence-corrected chi connectivity index (χ1v) is 10.6. The Balaban J connectivity index is 1.70. The van der Waals surface area contributed by atoms with Gasteiger partial charge in [0.25, 0.3) is 0 Å². The number of halogens is 1. The minimum atomic E-state index is -3.69. The summed E-state index contributed by atoms with van der Waals surface area (Å²) >= 11 is 7.53. The Morgan fingerprint density at radius 1 is 1.12 bits per heavy atom. The van der Waals surface area contributed by atoms with E-state index < -0.39 is 10.0 Å². The van der Waals surface area contributed by atoms with E-state index >= 15 is 0 Å². The Bertz CT molecular complexity index is 868. The van der Waals surface area contributed by atoms with Crippen LogP contribution in [0.3, 0.4) is 0 Å². The molecule has 1 saturated heterocycles. The number of carbonyl (C=O) groups excluding carboxylic acids is 1. The molecule has 1 fully saturated rings. The Hall–Kier alpha value is -1.54. The van der Waals surface area contributed by atoms with E-state index in [0.717, 1.165) is 11.1 Å². The molecule has 2 N–H and O–H groups in total. The molecule has 0 bridgehead atoms. The smallest absolute Gasteiger partial charge is 0.238 e. The van der Waals surface area contributed by atoms with Crippen molar-refractivity contribution in [1.29, 1.82) is 0 Å². The predicted octanol–water partition coefficient (Wildman–Crippen LogP) is 2.80. The molecule has 8 heteroatoms. The lowest BCUT2D eigenvalue weighted by atomic mass is 10.1. The number of rotatable bonds is 5. The van der Waals surface area contributed by atoms with Gasteiger partial charge in [-0.05, 0) is 41.8 Å². The summed E-state index contributed by atoms with van der Waals surface area (Å²) in [6.07, 6.45) is 0.640. The van der Waals surface area contributed by atoms with Gasteiger partial charge in [0.1, 0.15) is 5.37 Å². The van der Waals surface area contributed by atoms with Crippen molar-refractivity contribution in [3.05, 3.63) is 64.7 Å². The molecule has 0 spiro atoms. The molecule has 0 aromatic heterocycles. The number of nitrogens with zero attached hydrogens (tertiary/aromatic N) is 1. The number of amides is 1.